The van der Waals surface area contributed by atoms with E-state index in [1.54, 1.807) is 6.07 Å². The highest BCUT2D eigenvalue weighted by molar-refractivity contribution is 5.93. The van der Waals surface area contributed by atoms with Gasteiger partial charge in [0, 0.05) is 32.6 Å². The third-order valence-corrected chi connectivity index (χ3v) is 9.60. The van der Waals surface area contributed by atoms with Crippen molar-refractivity contribution in [2.75, 3.05) is 32.7 Å². The first-order valence-corrected chi connectivity index (χ1v) is 16.7. The van der Waals surface area contributed by atoms with E-state index in [0.717, 1.165) is 50.7 Å². The van der Waals surface area contributed by atoms with Crippen LogP contribution in [0, 0.1) is 5.41 Å². The summed E-state index contributed by atoms with van der Waals surface area (Å²) in [5.74, 6) is -1.53. The first-order valence-electron chi connectivity index (χ1n) is 16.7. The lowest BCUT2D eigenvalue weighted by atomic mass is 9.71. The molecule has 1 aromatic rings. The number of benzene rings is 1. The Balaban J connectivity index is 1.64. The molecule has 2 atom stereocenters. The van der Waals surface area contributed by atoms with Crippen molar-refractivity contribution < 1.29 is 32.3 Å². The largest absolute Gasteiger partial charge is 0.416 e. The van der Waals surface area contributed by atoms with E-state index in [9.17, 15) is 32.3 Å². The number of nitrogens with two attached hydrogens (primary N) is 2. The van der Waals surface area contributed by atoms with Crippen LogP contribution < -0.4 is 22.1 Å². The zero-order valence-electron chi connectivity index (χ0n) is 27.0. The van der Waals surface area contributed by atoms with Crippen LogP contribution in [0.2, 0.25) is 0 Å². The Morgan fingerprint density at radius 3 is 2.51 bits per heavy atom. The number of carbonyl (C=O) groups excluding carboxylic acids is 4. The van der Waals surface area contributed by atoms with Crippen LogP contribution in [0.25, 0.3) is 0 Å². The van der Waals surface area contributed by atoms with E-state index in [1.807, 2.05) is 0 Å². The second kappa shape index (κ2) is 16.3. The second-order valence-electron chi connectivity index (χ2n) is 13.2. The lowest BCUT2D eigenvalue weighted by molar-refractivity contribution is -0.148. The average molecular weight is 664 g/mol. The van der Waals surface area contributed by atoms with Crippen molar-refractivity contribution in [3.63, 3.8) is 0 Å². The van der Waals surface area contributed by atoms with Gasteiger partial charge in [-0.1, -0.05) is 37.5 Å². The molecular weight excluding hydrogens is 615 g/mol. The molecule has 14 heteroatoms. The highest BCUT2D eigenvalue weighted by Gasteiger charge is 2.40. The maximum absolute atomic E-state index is 14.2. The van der Waals surface area contributed by atoms with E-state index in [1.165, 1.54) is 15.9 Å². The summed E-state index contributed by atoms with van der Waals surface area (Å²) in [5.41, 5.74) is 9.96. The van der Waals surface area contributed by atoms with E-state index < -0.39 is 41.1 Å². The summed E-state index contributed by atoms with van der Waals surface area (Å²) in [7, 11) is 0. The Hall–Kier alpha value is -3.84. The number of hydrogen-bond donors (Lipinski definition) is 4. The Bertz CT molecular complexity index is 1300. The summed E-state index contributed by atoms with van der Waals surface area (Å²) in [6, 6.07) is 3.21. The van der Waals surface area contributed by atoms with Crippen molar-refractivity contribution in [2.45, 2.75) is 102 Å². The number of halogens is 3. The van der Waals surface area contributed by atoms with Gasteiger partial charge in [0.05, 0.1) is 12.1 Å². The molecule has 1 aliphatic carbocycles. The van der Waals surface area contributed by atoms with Crippen molar-refractivity contribution in [3.05, 3.63) is 35.4 Å². The second-order valence-corrected chi connectivity index (χ2v) is 13.2. The summed E-state index contributed by atoms with van der Waals surface area (Å²) in [6.07, 6.45) is 3.36. The SMILES string of the molecule is NC(N)=NCCCC[C@@H]1NC(=O)CC2(CCCCC2)CNC(=O)[C@@H]2CCCCN2C(=O)CN(CCc2cccc(C(F)(F)F)c2)C1=O. The number of fused-ring (bicyclic) bond motifs is 1. The van der Waals surface area contributed by atoms with Gasteiger partial charge in [0.25, 0.3) is 0 Å². The maximum Gasteiger partial charge on any atom is 0.416 e. The molecule has 47 heavy (non-hydrogen) atoms. The molecule has 0 aromatic heterocycles. The van der Waals surface area contributed by atoms with Crippen molar-refractivity contribution in [1.29, 1.82) is 0 Å². The minimum atomic E-state index is -4.53. The Labute approximate surface area is 274 Å². The monoisotopic (exact) mass is 663 g/mol. The van der Waals surface area contributed by atoms with Crippen molar-refractivity contribution in [1.82, 2.24) is 20.4 Å². The van der Waals surface area contributed by atoms with Gasteiger partial charge in [-0.25, -0.2) is 0 Å². The van der Waals surface area contributed by atoms with Crippen LogP contribution in [-0.2, 0) is 31.8 Å². The number of alkyl halides is 3. The first-order chi connectivity index (χ1) is 22.4. The zero-order chi connectivity index (χ0) is 34.0. The maximum atomic E-state index is 14.2. The van der Waals surface area contributed by atoms with Crippen molar-refractivity contribution in [2.24, 2.45) is 21.9 Å². The summed E-state index contributed by atoms with van der Waals surface area (Å²) in [6.45, 7) is 0.599. The molecule has 11 nitrogen and oxygen atoms in total. The van der Waals surface area contributed by atoms with Gasteiger partial charge in [0.1, 0.15) is 12.1 Å². The lowest BCUT2D eigenvalue weighted by Gasteiger charge is -2.40. The van der Waals surface area contributed by atoms with Gasteiger partial charge in [-0.05, 0) is 74.8 Å². The van der Waals surface area contributed by atoms with E-state index in [2.05, 4.69) is 15.6 Å². The molecule has 3 aliphatic rings. The van der Waals surface area contributed by atoms with Gasteiger partial charge in [0.2, 0.25) is 23.6 Å². The number of nitrogens with one attached hydrogen (secondary N) is 2. The Morgan fingerprint density at radius 1 is 1.02 bits per heavy atom. The number of hydrogen-bond acceptors (Lipinski definition) is 5. The van der Waals surface area contributed by atoms with Gasteiger partial charge < -0.3 is 31.9 Å². The summed E-state index contributed by atoms with van der Waals surface area (Å²) < 4.78 is 40.2. The standard InChI is InChI=1S/C33H48F3N7O4/c34-33(35,36)24-10-8-9-23(19-24)13-18-42-21-28(45)43-17-7-3-12-26(43)29(46)40-22-32(14-4-1-5-15-32)20-27(44)41-25(30(42)47)11-2-6-16-39-31(37)38/h8-10,19,25-26H,1-7,11-18,20-22H2,(H,40,46)(H,41,44)(H4,37,38,39)/t25-,26-/m0/s1. The predicted molar refractivity (Wildman–Crippen MR) is 171 cm³/mol. The average Bonchev–Trinajstić information content (AvgIpc) is 3.04. The molecule has 2 heterocycles. The van der Waals surface area contributed by atoms with Crippen LogP contribution in [0.15, 0.2) is 29.3 Å². The fraction of sp³-hybridized carbons (Fsp3) is 0.667. The number of guanidine groups is 1. The number of aliphatic imine (C=N–C) groups is 1. The molecule has 2 aliphatic heterocycles. The summed E-state index contributed by atoms with van der Waals surface area (Å²) in [5, 5.41) is 6.00. The topological polar surface area (TPSA) is 163 Å². The smallest absolute Gasteiger partial charge is 0.370 e. The van der Waals surface area contributed by atoms with Crippen LogP contribution in [0.1, 0.15) is 88.2 Å². The first kappa shape index (κ1) is 36.0. The molecule has 1 saturated carbocycles. The number of nitrogens with zero attached hydrogens (tertiary/aromatic N) is 3. The number of amides is 4. The molecule has 1 spiro atoms. The summed E-state index contributed by atoms with van der Waals surface area (Å²) >= 11 is 0. The number of rotatable bonds is 8. The van der Waals surface area contributed by atoms with Gasteiger partial charge in [-0.15, -0.1) is 0 Å². The molecule has 4 amide bonds. The molecule has 0 bridgehead atoms. The highest BCUT2D eigenvalue weighted by atomic mass is 19.4. The van der Waals surface area contributed by atoms with Crippen LogP contribution in [0.3, 0.4) is 0 Å². The Kier molecular flexibility index (Phi) is 12.5. The van der Waals surface area contributed by atoms with E-state index in [-0.39, 0.29) is 50.1 Å². The van der Waals surface area contributed by atoms with Crippen LogP contribution in [-0.4, -0.2) is 84.2 Å². The molecule has 260 valence electrons. The van der Waals surface area contributed by atoms with Gasteiger partial charge >= 0.3 is 6.18 Å². The molecule has 0 unspecified atom stereocenters. The third kappa shape index (κ3) is 10.3. The molecular formula is C33H48F3N7O4. The predicted octanol–water partition coefficient (Wildman–Crippen LogP) is 2.86. The van der Waals surface area contributed by atoms with Crippen LogP contribution in [0.4, 0.5) is 13.2 Å². The fourth-order valence-corrected chi connectivity index (χ4v) is 7.03. The quantitative estimate of drug-likeness (QED) is 0.190. The summed E-state index contributed by atoms with van der Waals surface area (Å²) in [4.78, 5) is 62.0. The number of carbonyl (C=O) groups is 4. The Morgan fingerprint density at radius 2 is 1.79 bits per heavy atom. The minimum Gasteiger partial charge on any atom is -0.370 e. The minimum absolute atomic E-state index is 0.0486. The van der Waals surface area contributed by atoms with E-state index >= 15 is 0 Å². The normalized spacial score (nSPS) is 23.0. The van der Waals surface area contributed by atoms with Gasteiger partial charge in [-0.2, -0.15) is 13.2 Å². The van der Waals surface area contributed by atoms with Crippen LogP contribution >= 0.6 is 0 Å². The third-order valence-electron chi connectivity index (χ3n) is 9.60. The highest BCUT2D eigenvalue weighted by Crippen LogP contribution is 2.39. The molecule has 4 rings (SSSR count). The van der Waals surface area contributed by atoms with E-state index in [4.69, 9.17) is 11.5 Å². The fourth-order valence-electron chi connectivity index (χ4n) is 7.03. The molecule has 1 aromatic carbocycles. The van der Waals surface area contributed by atoms with Gasteiger partial charge in [0.15, 0.2) is 5.96 Å². The van der Waals surface area contributed by atoms with E-state index in [0.29, 0.717) is 50.9 Å². The van der Waals surface area contributed by atoms with Crippen molar-refractivity contribution >= 4 is 29.6 Å². The van der Waals surface area contributed by atoms with Crippen LogP contribution in [0.5, 0.6) is 0 Å². The number of piperidine rings is 1. The van der Waals surface area contributed by atoms with Gasteiger partial charge in [-0.3, -0.25) is 24.2 Å². The molecule has 3 fully saturated rings. The zero-order valence-corrected chi connectivity index (χ0v) is 27.0. The van der Waals surface area contributed by atoms with Crippen molar-refractivity contribution in [3.8, 4) is 0 Å². The molecule has 6 N–H and O–H groups in total. The number of unbranched alkanes of at least 4 members (excludes halogenated alkanes) is 1. The molecule has 0 radical (unpaired) electrons. The lowest BCUT2D eigenvalue weighted by Crippen LogP contribution is -2.58. The molecule has 2 saturated heterocycles.